The molecule has 0 N–H and O–H groups in total. The minimum absolute atomic E-state index is 0.217. The highest BCUT2D eigenvalue weighted by Crippen LogP contribution is 2.46. The zero-order valence-electron chi connectivity index (χ0n) is 20.7. The zero-order valence-corrected chi connectivity index (χ0v) is 20.7. The molecule has 0 radical (unpaired) electrons. The van der Waals surface area contributed by atoms with Gasteiger partial charge in [0.1, 0.15) is 5.82 Å². The lowest BCUT2D eigenvalue weighted by Gasteiger charge is -2.38. The maximum absolute atomic E-state index is 15.0. The van der Waals surface area contributed by atoms with Crippen molar-refractivity contribution in [2.24, 2.45) is 11.3 Å². The van der Waals surface area contributed by atoms with Gasteiger partial charge in [-0.2, -0.15) is 0 Å². The highest BCUT2D eigenvalue weighted by molar-refractivity contribution is 5.65. The summed E-state index contributed by atoms with van der Waals surface area (Å²) in [6.45, 7) is 8.25. The Morgan fingerprint density at radius 1 is 0.909 bits per heavy atom. The highest BCUT2D eigenvalue weighted by Gasteiger charge is 2.31. The summed E-state index contributed by atoms with van der Waals surface area (Å²) < 4.78 is 26.6. The van der Waals surface area contributed by atoms with E-state index >= 15 is 0 Å². The van der Waals surface area contributed by atoms with Gasteiger partial charge < -0.3 is 9.47 Å². The van der Waals surface area contributed by atoms with E-state index in [-0.39, 0.29) is 5.82 Å². The molecule has 4 rings (SSSR count). The van der Waals surface area contributed by atoms with Gasteiger partial charge in [0.05, 0.1) is 13.2 Å². The van der Waals surface area contributed by atoms with Gasteiger partial charge in [0.15, 0.2) is 6.29 Å². The molecule has 3 heteroatoms. The second-order valence-corrected chi connectivity index (χ2v) is 10.7. The predicted octanol–water partition coefficient (Wildman–Crippen LogP) is 8.81. The van der Waals surface area contributed by atoms with Crippen molar-refractivity contribution < 1.29 is 13.9 Å². The van der Waals surface area contributed by atoms with Crippen LogP contribution in [0.15, 0.2) is 42.5 Å². The summed E-state index contributed by atoms with van der Waals surface area (Å²) in [6, 6.07) is 14.0. The Balaban J connectivity index is 1.36. The highest BCUT2D eigenvalue weighted by atomic mass is 19.1. The molecule has 180 valence electrons. The minimum Gasteiger partial charge on any atom is -0.348 e. The van der Waals surface area contributed by atoms with Crippen LogP contribution in [0.25, 0.3) is 11.1 Å². The fraction of sp³-hybridized carbons (Fsp3) is 0.600. The molecule has 2 aliphatic rings. The van der Waals surface area contributed by atoms with Crippen LogP contribution >= 0.6 is 0 Å². The smallest absolute Gasteiger partial charge is 0.183 e. The minimum atomic E-state index is -0.460. The quantitative estimate of drug-likeness (QED) is 0.373. The predicted molar refractivity (Wildman–Crippen MR) is 134 cm³/mol. The number of ether oxygens (including phenoxy) is 2. The Morgan fingerprint density at radius 3 is 2.18 bits per heavy atom. The number of rotatable bonds is 8. The average Bonchev–Trinajstić information content (AvgIpc) is 2.85. The molecule has 2 nitrogen and oxygen atoms in total. The van der Waals surface area contributed by atoms with Gasteiger partial charge in [-0.15, -0.1) is 0 Å². The molecule has 0 unspecified atom stereocenters. The summed E-state index contributed by atoms with van der Waals surface area (Å²) >= 11 is 0. The van der Waals surface area contributed by atoms with E-state index in [0.29, 0.717) is 36.0 Å². The van der Waals surface area contributed by atoms with E-state index in [1.54, 1.807) is 6.07 Å². The van der Waals surface area contributed by atoms with Crippen LogP contribution in [0, 0.1) is 17.2 Å². The third-order valence-electron chi connectivity index (χ3n) is 8.08. The topological polar surface area (TPSA) is 18.5 Å². The summed E-state index contributed by atoms with van der Waals surface area (Å²) in [4.78, 5) is 0. The van der Waals surface area contributed by atoms with Crippen molar-refractivity contribution in [3.8, 4) is 11.1 Å². The summed E-state index contributed by atoms with van der Waals surface area (Å²) in [5.41, 5.74) is 4.26. The van der Waals surface area contributed by atoms with Crippen molar-refractivity contribution >= 4 is 0 Å². The summed E-state index contributed by atoms with van der Waals surface area (Å²) in [7, 11) is 0. The Labute approximate surface area is 199 Å². The number of unbranched alkanes of at least 4 members (excludes halogenated alkanes) is 2. The standard InChI is InChI=1S/C30H41FO2/c1-4-6-7-16-30(3)17-14-24(15-18-30)23-8-10-25(11-9-23)27-13-12-26(19-28(27)31)29-32-20-22(5-2)21-33-29/h8-13,19,22,24,29H,4-7,14-18,20-21H2,1-3H3. The Bertz CT molecular complexity index is 875. The molecule has 1 aliphatic carbocycles. The van der Waals surface area contributed by atoms with Crippen LogP contribution in [-0.4, -0.2) is 13.2 Å². The molecular formula is C30H41FO2. The SMILES string of the molecule is CCCCCC1(C)CCC(c2ccc(-c3ccc(C4OCC(CC)CO4)cc3F)cc2)CC1. The molecule has 0 spiro atoms. The van der Waals surface area contributed by atoms with Gasteiger partial charge in [-0.3, -0.25) is 0 Å². The lowest BCUT2D eigenvalue weighted by atomic mass is 9.68. The number of hydrogen-bond acceptors (Lipinski definition) is 2. The molecule has 1 saturated heterocycles. The molecular weight excluding hydrogens is 411 g/mol. The van der Waals surface area contributed by atoms with Crippen LogP contribution in [0.5, 0.6) is 0 Å². The summed E-state index contributed by atoms with van der Waals surface area (Å²) in [6.07, 6.45) is 11.2. The number of hydrogen-bond donors (Lipinski definition) is 0. The van der Waals surface area contributed by atoms with E-state index in [9.17, 15) is 4.39 Å². The third kappa shape index (κ3) is 6.05. The zero-order chi connectivity index (χ0) is 23.3. The van der Waals surface area contributed by atoms with Gasteiger partial charge in [-0.25, -0.2) is 4.39 Å². The molecule has 2 aromatic carbocycles. The molecule has 0 aromatic heterocycles. The first-order chi connectivity index (χ1) is 16.0. The molecule has 0 atom stereocenters. The third-order valence-corrected chi connectivity index (χ3v) is 8.08. The molecule has 2 aromatic rings. The average molecular weight is 453 g/mol. The monoisotopic (exact) mass is 452 g/mol. The van der Waals surface area contributed by atoms with E-state index in [1.807, 2.05) is 12.1 Å². The fourth-order valence-electron chi connectivity index (χ4n) is 5.52. The van der Waals surface area contributed by atoms with Crippen LogP contribution in [-0.2, 0) is 9.47 Å². The van der Waals surface area contributed by atoms with Crippen molar-refractivity contribution in [2.75, 3.05) is 13.2 Å². The van der Waals surface area contributed by atoms with Crippen LogP contribution < -0.4 is 0 Å². The lowest BCUT2D eigenvalue weighted by molar-refractivity contribution is -0.205. The van der Waals surface area contributed by atoms with Crippen molar-refractivity contribution in [3.63, 3.8) is 0 Å². The van der Waals surface area contributed by atoms with Crippen molar-refractivity contribution in [1.29, 1.82) is 0 Å². The molecule has 0 bridgehead atoms. The van der Waals surface area contributed by atoms with Gasteiger partial charge in [-0.1, -0.05) is 76.4 Å². The largest absolute Gasteiger partial charge is 0.348 e. The lowest BCUT2D eigenvalue weighted by Crippen LogP contribution is -2.26. The van der Waals surface area contributed by atoms with Gasteiger partial charge >= 0.3 is 0 Å². The van der Waals surface area contributed by atoms with E-state index in [0.717, 1.165) is 17.5 Å². The van der Waals surface area contributed by atoms with Crippen molar-refractivity contribution in [2.45, 2.75) is 90.8 Å². The van der Waals surface area contributed by atoms with E-state index in [2.05, 4.69) is 45.0 Å². The van der Waals surface area contributed by atoms with Crippen molar-refractivity contribution in [3.05, 3.63) is 59.4 Å². The van der Waals surface area contributed by atoms with E-state index < -0.39 is 6.29 Å². The first-order valence-electron chi connectivity index (χ1n) is 13.1. The molecule has 1 saturated carbocycles. The van der Waals surface area contributed by atoms with Crippen LogP contribution in [0.4, 0.5) is 4.39 Å². The Morgan fingerprint density at radius 2 is 1.58 bits per heavy atom. The van der Waals surface area contributed by atoms with Gasteiger partial charge in [-0.05, 0) is 67.1 Å². The summed E-state index contributed by atoms with van der Waals surface area (Å²) in [5.74, 6) is 0.853. The van der Waals surface area contributed by atoms with E-state index in [4.69, 9.17) is 9.47 Å². The Hall–Kier alpha value is -1.71. The molecule has 0 amide bonds. The van der Waals surface area contributed by atoms with Gasteiger partial charge in [0.2, 0.25) is 0 Å². The first-order valence-corrected chi connectivity index (χ1v) is 13.1. The number of benzene rings is 2. The molecule has 1 heterocycles. The van der Waals surface area contributed by atoms with Crippen LogP contribution in [0.1, 0.15) is 102 Å². The maximum atomic E-state index is 15.0. The maximum Gasteiger partial charge on any atom is 0.183 e. The molecule has 2 fully saturated rings. The first kappa shape index (κ1) is 24.4. The second kappa shape index (κ2) is 11.1. The van der Waals surface area contributed by atoms with E-state index in [1.165, 1.54) is 56.9 Å². The van der Waals surface area contributed by atoms with Gasteiger partial charge in [0, 0.05) is 17.0 Å². The van der Waals surface area contributed by atoms with Crippen molar-refractivity contribution in [1.82, 2.24) is 0 Å². The van der Waals surface area contributed by atoms with Crippen LogP contribution in [0.3, 0.4) is 0 Å². The molecule has 33 heavy (non-hydrogen) atoms. The number of halogens is 1. The normalized spacial score (nSPS) is 28.1. The Kier molecular flexibility index (Phi) is 8.24. The summed E-state index contributed by atoms with van der Waals surface area (Å²) in [5, 5.41) is 0. The van der Waals surface area contributed by atoms with Gasteiger partial charge in [0.25, 0.3) is 0 Å². The fourth-order valence-corrected chi connectivity index (χ4v) is 5.52. The molecule has 1 aliphatic heterocycles. The second-order valence-electron chi connectivity index (χ2n) is 10.7. The van der Waals surface area contributed by atoms with Crippen LogP contribution in [0.2, 0.25) is 0 Å².